The molecule has 0 spiro atoms. The Balaban J connectivity index is 0.00000338. The van der Waals surface area contributed by atoms with Gasteiger partial charge in [-0.3, -0.25) is 4.98 Å². The van der Waals surface area contributed by atoms with Crippen molar-refractivity contribution in [3.63, 3.8) is 0 Å². The smallest absolute Gasteiger partial charge is 0.191 e. The molecule has 144 valence electrons. The van der Waals surface area contributed by atoms with Gasteiger partial charge in [-0.1, -0.05) is 6.07 Å². The minimum atomic E-state index is -1.06. The van der Waals surface area contributed by atoms with E-state index in [9.17, 15) is 5.11 Å². The summed E-state index contributed by atoms with van der Waals surface area (Å²) in [6, 6.07) is 5.81. The van der Waals surface area contributed by atoms with Crippen LogP contribution in [0.5, 0.6) is 0 Å². The molecule has 26 heavy (non-hydrogen) atoms. The van der Waals surface area contributed by atoms with Gasteiger partial charge in [-0.2, -0.15) is 0 Å². The molecule has 0 bridgehead atoms. The van der Waals surface area contributed by atoms with Crippen molar-refractivity contribution in [2.75, 3.05) is 13.1 Å². The number of aryl methyl sites for hydroxylation is 3. The average molecular weight is 472 g/mol. The molecule has 0 aliphatic rings. The van der Waals surface area contributed by atoms with Gasteiger partial charge in [0.1, 0.15) is 17.1 Å². The number of halogens is 1. The van der Waals surface area contributed by atoms with Gasteiger partial charge in [-0.25, -0.2) is 4.99 Å². The summed E-state index contributed by atoms with van der Waals surface area (Å²) >= 11 is 0. The van der Waals surface area contributed by atoms with Gasteiger partial charge in [0.2, 0.25) is 0 Å². The van der Waals surface area contributed by atoms with Crippen LogP contribution in [0.4, 0.5) is 0 Å². The van der Waals surface area contributed by atoms with Crippen molar-refractivity contribution < 1.29 is 9.52 Å². The Hall–Kier alpha value is -1.61. The lowest BCUT2D eigenvalue weighted by Crippen LogP contribution is -2.44. The van der Waals surface area contributed by atoms with Crippen LogP contribution in [0.25, 0.3) is 0 Å². The lowest BCUT2D eigenvalue weighted by molar-refractivity contribution is 0.0601. The SMILES string of the molecule is CCNC(=NCc1ncccc1C)NCC(C)(O)c1cc(C)oc1C.I. The number of nitrogens with one attached hydrogen (secondary N) is 2. The van der Waals surface area contributed by atoms with Crippen LogP contribution in [-0.2, 0) is 12.1 Å². The first-order chi connectivity index (χ1) is 11.8. The zero-order valence-corrected chi connectivity index (χ0v) is 18.4. The molecule has 0 aliphatic carbocycles. The molecule has 0 saturated heterocycles. The molecule has 2 heterocycles. The molecule has 0 fully saturated rings. The molecule has 6 nitrogen and oxygen atoms in total. The van der Waals surface area contributed by atoms with Crippen LogP contribution in [0.2, 0.25) is 0 Å². The number of nitrogens with zero attached hydrogens (tertiary/aromatic N) is 2. The summed E-state index contributed by atoms with van der Waals surface area (Å²) in [6.07, 6.45) is 1.77. The normalized spacial score (nSPS) is 13.7. The summed E-state index contributed by atoms with van der Waals surface area (Å²) in [7, 11) is 0. The van der Waals surface area contributed by atoms with Gasteiger partial charge in [-0.05, 0) is 52.3 Å². The van der Waals surface area contributed by atoms with Crippen LogP contribution in [-0.4, -0.2) is 29.1 Å². The largest absolute Gasteiger partial charge is 0.466 e. The van der Waals surface area contributed by atoms with E-state index in [-0.39, 0.29) is 24.0 Å². The summed E-state index contributed by atoms with van der Waals surface area (Å²) in [5.41, 5.74) is 1.78. The van der Waals surface area contributed by atoms with Crippen molar-refractivity contribution in [3.05, 3.63) is 52.7 Å². The molecule has 1 unspecified atom stereocenters. The minimum absolute atomic E-state index is 0. The second-order valence-electron chi connectivity index (χ2n) is 6.42. The van der Waals surface area contributed by atoms with E-state index in [0.717, 1.165) is 34.9 Å². The maximum atomic E-state index is 10.8. The predicted octanol–water partition coefficient (Wildman–Crippen LogP) is 3.18. The van der Waals surface area contributed by atoms with E-state index in [4.69, 9.17) is 4.42 Å². The number of aliphatic hydroxyl groups is 1. The molecule has 1 atom stereocenters. The van der Waals surface area contributed by atoms with Crippen molar-refractivity contribution in [2.24, 2.45) is 4.99 Å². The van der Waals surface area contributed by atoms with Gasteiger partial charge in [-0.15, -0.1) is 24.0 Å². The van der Waals surface area contributed by atoms with Crippen molar-refractivity contribution >= 4 is 29.9 Å². The topological polar surface area (TPSA) is 82.7 Å². The molecule has 0 radical (unpaired) electrons. The van der Waals surface area contributed by atoms with Crippen LogP contribution in [0.1, 0.15) is 42.2 Å². The molecule has 0 aliphatic heterocycles. The highest BCUT2D eigenvalue weighted by Gasteiger charge is 2.27. The van der Waals surface area contributed by atoms with Crippen LogP contribution in [0.3, 0.4) is 0 Å². The molecule has 0 aromatic carbocycles. The first-order valence-corrected chi connectivity index (χ1v) is 8.56. The van der Waals surface area contributed by atoms with Gasteiger partial charge in [0, 0.05) is 18.3 Å². The van der Waals surface area contributed by atoms with Crippen LogP contribution >= 0.6 is 24.0 Å². The van der Waals surface area contributed by atoms with E-state index in [2.05, 4.69) is 20.6 Å². The molecule has 2 aromatic heterocycles. The van der Waals surface area contributed by atoms with Crippen molar-refractivity contribution in [1.29, 1.82) is 0 Å². The Labute approximate surface area is 172 Å². The molecular weight excluding hydrogens is 443 g/mol. The number of hydrogen-bond acceptors (Lipinski definition) is 4. The van der Waals surface area contributed by atoms with Crippen molar-refractivity contribution in [3.8, 4) is 0 Å². The zero-order valence-electron chi connectivity index (χ0n) is 16.1. The fraction of sp³-hybridized carbons (Fsp3) is 0.474. The number of hydrogen-bond donors (Lipinski definition) is 3. The number of furan rings is 1. The molecule has 0 saturated carbocycles. The lowest BCUT2D eigenvalue weighted by atomic mass is 9.96. The third kappa shape index (κ3) is 5.98. The highest BCUT2D eigenvalue weighted by atomic mass is 127. The second kappa shape index (κ2) is 9.91. The van der Waals surface area contributed by atoms with Gasteiger partial charge >= 0.3 is 0 Å². The van der Waals surface area contributed by atoms with E-state index in [0.29, 0.717) is 19.0 Å². The van der Waals surface area contributed by atoms with E-state index >= 15 is 0 Å². The number of rotatable bonds is 6. The quantitative estimate of drug-likeness (QED) is 0.342. The van der Waals surface area contributed by atoms with Gasteiger partial charge in [0.15, 0.2) is 5.96 Å². The second-order valence-corrected chi connectivity index (χ2v) is 6.42. The summed E-state index contributed by atoms with van der Waals surface area (Å²) in [4.78, 5) is 8.92. The predicted molar refractivity (Wildman–Crippen MR) is 115 cm³/mol. The fourth-order valence-electron chi connectivity index (χ4n) is 2.70. The Bertz CT molecular complexity index is 741. The Morgan fingerprint density at radius 1 is 1.31 bits per heavy atom. The van der Waals surface area contributed by atoms with Gasteiger partial charge < -0.3 is 20.2 Å². The van der Waals surface area contributed by atoms with Gasteiger partial charge in [0.25, 0.3) is 0 Å². The third-order valence-corrected chi connectivity index (χ3v) is 4.07. The minimum Gasteiger partial charge on any atom is -0.466 e. The fourth-order valence-corrected chi connectivity index (χ4v) is 2.70. The van der Waals surface area contributed by atoms with Crippen molar-refractivity contribution in [1.82, 2.24) is 15.6 Å². The summed E-state index contributed by atoms with van der Waals surface area (Å²) in [5.74, 6) is 2.17. The van der Waals surface area contributed by atoms with Crippen LogP contribution in [0.15, 0.2) is 33.8 Å². The standard InChI is InChI=1S/C19H28N4O2.HI/c1-6-20-18(22-11-17-13(2)8-7-9-21-17)23-12-19(5,24)16-10-14(3)25-15(16)4;/h7-10,24H,6,11-12H2,1-5H3,(H2,20,22,23);1H. The van der Waals surface area contributed by atoms with E-state index in [1.807, 2.05) is 45.9 Å². The van der Waals surface area contributed by atoms with E-state index in [1.165, 1.54) is 0 Å². The Morgan fingerprint density at radius 3 is 2.62 bits per heavy atom. The average Bonchev–Trinajstić information content (AvgIpc) is 2.91. The Kier molecular flexibility index (Phi) is 8.55. The van der Waals surface area contributed by atoms with E-state index in [1.54, 1.807) is 13.1 Å². The molecule has 7 heteroatoms. The molecule has 0 amide bonds. The first-order valence-electron chi connectivity index (χ1n) is 8.56. The van der Waals surface area contributed by atoms with Gasteiger partial charge in [0.05, 0.1) is 18.8 Å². The highest BCUT2D eigenvalue weighted by Crippen LogP contribution is 2.26. The molecule has 3 N–H and O–H groups in total. The lowest BCUT2D eigenvalue weighted by Gasteiger charge is -2.24. The first kappa shape index (κ1) is 22.4. The summed E-state index contributed by atoms with van der Waals surface area (Å²) < 4.78 is 5.53. The molecule has 2 aromatic rings. The number of aromatic nitrogens is 1. The maximum absolute atomic E-state index is 10.8. The van der Waals surface area contributed by atoms with E-state index < -0.39 is 5.60 Å². The maximum Gasteiger partial charge on any atom is 0.191 e. The number of pyridine rings is 1. The zero-order chi connectivity index (χ0) is 18.4. The summed E-state index contributed by atoms with van der Waals surface area (Å²) in [5, 5.41) is 17.2. The number of aliphatic imine (C=N–C) groups is 1. The highest BCUT2D eigenvalue weighted by molar-refractivity contribution is 14.0. The van der Waals surface area contributed by atoms with Crippen molar-refractivity contribution in [2.45, 2.75) is 46.8 Å². The number of guanidine groups is 1. The molecule has 2 rings (SSSR count). The summed E-state index contributed by atoms with van der Waals surface area (Å²) in [6.45, 7) is 11.1. The molecular formula is C19H29IN4O2. The Morgan fingerprint density at radius 2 is 2.04 bits per heavy atom. The monoisotopic (exact) mass is 472 g/mol. The third-order valence-electron chi connectivity index (χ3n) is 4.07. The van der Waals surface area contributed by atoms with Crippen LogP contribution < -0.4 is 10.6 Å². The van der Waals surface area contributed by atoms with Crippen LogP contribution in [0, 0.1) is 20.8 Å².